The van der Waals surface area contributed by atoms with Gasteiger partial charge < -0.3 is 19.7 Å². The van der Waals surface area contributed by atoms with Gasteiger partial charge in [-0.1, -0.05) is 47.7 Å². The molecule has 3 N–H and O–H groups in total. The molecule has 386 valence electrons. The van der Waals surface area contributed by atoms with E-state index >= 15 is 0 Å². The molecule has 1 spiro atoms. The third-order valence-electron chi connectivity index (χ3n) is 15.3. The van der Waals surface area contributed by atoms with Gasteiger partial charge in [0.25, 0.3) is 5.91 Å². The summed E-state index contributed by atoms with van der Waals surface area (Å²) >= 11 is 1.44. The largest absolute Gasteiger partial charge is 0.493 e. The fourth-order valence-corrected chi connectivity index (χ4v) is 12.4. The molecule has 75 heavy (non-hydrogen) atoms. The van der Waals surface area contributed by atoms with Crippen LogP contribution < -0.4 is 25.6 Å². The number of imide groups is 1. The van der Waals surface area contributed by atoms with E-state index in [-0.39, 0.29) is 41.2 Å². The highest BCUT2D eigenvalue weighted by Gasteiger charge is 2.46. The number of rotatable bonds is 12. The quantitative estimate of drug-likeness (QED) is 0.0778. The molecule has 4 aromatic carbocycles. The molecule has 3 aliphatic heterocycles. The molecule has 0 radical (unpaired) electrons. The molecular weight excluding hydrogens is 967 g/mol. The number of piperidine rings is 2. The van der Waals surface area contributed by atoms with Crippen molar-refractivity contribution in [3.05, 3.63) is 125 Å². The number of nitrogens with zero attached hydrogens (tertiary/aromatic N) is 6. The number of anilines is 3. The second-order valence-corrected chi connectivity index (χ2v) is 22.7. The van der Waals surface area contributed by atoms with Crippen LogP contribution in [0.25, 0.3) is 32.2 Å². The Morgan fingerprint density at radius 1 is 0.880 bits per heavy atom. The standard InChI is InChI=1S/C58H61N9O7S/c1-34-38(39-18-20-48(61-52(39)55(72)74-57(2,3)4)67-25-22-36-10-8-12-40(43(36)31-67)53(70)63-56-60-44-13-6-7-15-47(44)75-56)11-9-14-46(34)73-33-35-29-58(30-35)23-26-66(27-24-58)32-50(69)59-37-16-17-41-45(28-37)65(5)64-51(41)42-19-21-49(68)62-54(42)71/h6-18,20,28,35,42H,19,21-27,29-33H2,1-5H3,(H,59,69)(H,60,63,70)(H,62,68,71). The number of benzene rings is 4. The number of hydrogen-bond donors (Lipinski definition) is 3. The van der Waals surface area contributed by atoms with E-state index < -0.39 is 17.5 Å². The Kier molecular flexibility index (Phi) is 13.2. The third-order valence-corrected chi connectivity index (χ3v) is 16.3. The van der Waals surface area contributed by atoms with Gasteiger partial charge in [0.05, 0.1) is 40.5 Å². The zero-order valence-corrected chi connectivity index (χ0v) is 43.8. The van der Waals surface area contributed by atoms with E-state index in [9.17, 15) is 24.0 Å². The third kappa shape index (κ3) is 10.3. The van der Waals surface area contributed by atoms with Gasteiger partial charge in [-0.25, -0.2) is 14.8 Å². The number of carbonyl (C=O) groups is 5. The second kappa shape index (κ2) is 20.0. The van der Waals surface area contributed by atoms with E-state index in [2.05, 4.69) is 41.9 Å². The molecule has 11 rings (SSSR count). The Hall–Kier alpha value is -7.50. The summed E-state index contributed by atoms with van der Waals surface area (Å²) in [6.45, 7) is 11.2. The number of carbonyl (C=O) groups excluding carboxylic acids is 5. The molecule has 17 heteroatoms. The fourth-order valence-electron chi connectivity index (χ4n) is 11.5. The zero-order chi connectivity index (χ0) is 52.2. The summed E-state index contributed by atoms with van der Waals surface area (Å²) in [5, 5.41) is 14.5. The first-order chi connectivity index (χ1) is 36.0. The number of esters is 1. The lowest BCUT2D eigenvalue weighted by molar-refractivity contribution is -0.134. The maximum Gasteiger partial charge on any atom is 0.358 e. The summed E-state index contributed by atoms with van der Waals surface area (Å²) in [6.07, 6.45) is 5.59. The van der Waals surface area contributed by atoms with Crippen LogP contribution in [0.2, 0.25) is 0 Å². The van der Waals surface area contributed by atoms with Gasteiger partial charge >= 0.3 is 5.97 Å². The Morgan fingerprint density at radius 3 is 2.47 bits per heavy atom. The Bertz CT molecular complexity index is 3380. The van der Waals surface area contributed by atoms with Crippen molar-refractivity contribution in [2.75, 3.05) is 48.3 Å². The molecule has 6 heterocycles. The highest BCUT2D eigenvalue weighted by atomic mass is 32.1. The Morgan fingerprint density at radius 2 is 1.68 bits per heavy atom. The molecule has 1 aliphatic carbocycles. The number of nitrogens with one attached hydrogen (secondary N) is 3. The number of thiazole rings is 1. The smallest absolute Gasteiger partial charge is 0.358 e. The average molecular weight is 1030 g/mol. The van der Waals surface area contributed by atoms with Gasteiger partial charge in [-0.3, -0.25) is 39.4 Å². The van der Waals surface area contributed by atoms with Crippen molar-refractivity contribution < 1.29 is 33.4 Å². The highest BCUT2D eigenvalue weighted by molar-refractivity contribution is 7.22. The van der Waals surface area contributed by atoms with Crippen molar-refractivity contribution in [1.29, 1.82) is 0 Å². The first-order valence-electron chi connectivity index (χ1n) is 25.9. The van der Waals surface area contributed by atoms with E-state index in [4.69, 9.17) is 14.5 Å². The zero-order valence-electron chi connectivity index (χ0n) is 43.0. The van der Waals surface area contributed by atoms with Gasteiger partial charge in [-0.2, -0.15) is 5.10 Å². The van der Waals surface area contributed by atoms with Crippen LogP contribution in [-0.4, -0.2) is 92.6 Å². The number of pyridine rings is 1. The Labute approximate surface area is 439 Å². The molecule has 3 aromatic heterocycles. The summed E-state index contributed by atoms with van der Waals surface area (Å²) in [7, 11) is 1.81. The average Bonchev–Trinajstić information content (AvgIpc) is 3.95. The summed E-state index contributed by atoms with van der Waals surface area (Å²) in [6, 6.07) is 29.1. The SMILES string of the molecule is Cc1c(OCC2CC3(CCN(CC(=O)Nc4ccc5c(C6CCC(=O)NC6=O)nn(C)c5c4)CC3)C2)cccc1-c1ccc(N2CCc3cccc(C(=O)Nc4nc5ccccc5s4)c3C2)nc1C(=O)OC(C)(C)C. The first-order valence-corrected chi connectivity index (χ1v) is 26.7. The van der Waals surface area contributed by atoms with Crippen LogP contribution in [0, 0.1) is 18.3 Å². The number of amides is 4. The molecular formula is C58H61N9O7S. The maximum absolute atomic E-state index is 14.1. The number of likely N-dealkylation sites (tertiary alicyclic amines) is 1. The van der Waals surface area contributed by atoms with Crippen LogP contribution in [0.1, 0.15) is 108 Å². The van der Waals surface area contributed by atoms with Crippen molar-refractivity contribution in [1.82, 2.24) is 30.0 Å². The lowest BCUT2D eigenvalue weighted by Crippen LogP contribution is -2.49. The summed E-state index contributed by atoms with van der Waals surface area (Å²) in [5.41, 5.74) is 7.66. The van der Waals surface area contributed by atoms with Gasteiger partial charge in [-0.05, 0) is 167 Å². The molecule has 2 saturated heterocycles. The molecule has 0 bridgehead atoms. The van der Waals surface area contributed by atoms with E-state index in [1.54, 1.807) is 4.68 Å². The van der Waals surface area contributed by atoms with Crippen LogP contribution in [0.4, 0.5) is 16.6 Å². The number of para-hydroxylation sites is 1. The predicted octanol–water partition coefficient (Wildman–Crippen LogP) is 9.35. The number of fused-ring (bicyclic) bond motifs is 3. The molecule has 7 aromatic rings. The lowest BCUT2D eigenvalue weighted by Gasteiger charge is -2.52. The molecule has 3 fully saturated rings. The summed E-state index contributed by atoms with van der Waals surface area (Å²) in [5.74, 6) is -0.103. The van der Waals surface area contributed by atoms with Crippen molar-refractivity contribution in [3.63, 3.8) is 0 Å². The van der Waals surface area contributed by atoms with Crippen molar-refractivity contribution in [2.24, 2.45) is 18.4 Å². The van der Waals surface area contributed by atoms with Crippen molar-refractivity contribution in [2.45, 2.75) is 90.7 Å². The minimum atomic E-state index is -0.750. The molecule has 4 amide bonds. The van der Waals surface area contributed by atoms with Crippen LogP contribution in [0.3, 0.4) is 0 Å². The second-order valence-electron chi connectivity index (χ2n) is 21.7. The van der Waals surface area contributed by atoms with Crippen LogP contribution >= 0.6 is 11.3 Å². The minimum absolute atomic E-state index is 0.0767. The molecule has 16 nitrogen and oxygen atoms in total. The van der Waals surface area contributed by atoms with Crippen LogP contribution in [0.5, 0.6) is 5.75 Å². The molecule has 1 saturated carbocycles. The number of aryl methyl sites for hydroxylation is 1. The van der Waals surface area contributed by atoms with E-state index in [1.807, 2.05) is 120 Å². The summed E-state index contributed by atoms with van der Waals surface area (Å²) in [4.78, 5) is 79.5. The van der Waals surface area contributed by atoms with Gasteiger partial charge in [-0.15, -0.1) is 0 Å². The van der Waals surface area contributed by atoms with E-state index in [0.29, 0.717) is 78.5 Å². The topological polar surface area (TPSA) is 190 Å². The van der Waals surface area contributed by atoms with Crippen molar-refractivity contribution in [3.8, 4) is 16.9 Å². The van der Waals surface area contributed by atoms with Crippen LogP contribution in [0.15, 0.2) is 91.0 Å². The predicted molar refractivity (Wildman–Crippen MR) is 289 cm³/mol. The number of hydrogen-bond acceptors (Lipinski definition) is 13. The molecule has 1 atom stereocenters. The van der Waals surface area contributed by atoms with Gasteiger partial charge in [0.1, 0.15) is 17.2 Å². The van der Waals surface area contributed by atoms with Crippen molar-refractivity contribution >= 4 is 78.7 Å². The van der Waals surface area contributed by atoms with Gasteiger partial charge in [0.2, 0.25) is 17.7 Å². The summed E-state index contributed by atoms with van der Waals surface area (Å²) < 4.78 is 15.3. The fraction of sp³-hybridized carbons (Fsp3) is 0.379. The highest BCUT2D eigenvalue weighted by Crippen LogP contribution is 2.53. The monoisotopic (exact) mass is 1030 g/mol. The van der Waals surface area contributed by atoms with E-state index in [1.165, 1.54) is 11.3 Å². The normalized spacial score (nSPS) is 17.9. The number of ether oxygens (including phenoxy) is 2. The molecule has 4 aliphatic rings. The maximum atomic E-state index is 14.1. The van der Waals surface area contributed by atoms with Gasteiger partial charge in [0, 0.05) is 48.8 Å². The molecule has 1 unspecified atom stereocenters. The van der Waals surface area contributed by atoms with Gasteiger partial charge in [0.15, 0.2) is 10.8 Å². The lowest BCUT2D eigenvalue weighted by atomic mass is 9.58. The minimum Gasteiger partial charge on any atom is -0.493 e. The van der Waals surface area contributed by atoms with Crippen LogP contribution in [-0.2, 0) is 39.1 Å². The Balaban J connectivity index is 0.708. The number of aromatic nitrogens is 4. The first kappa shape index (κ1) is 49.7. The van der Waals surface area contributed by atoms with E-state index in [0.717, 1.165) is 87.9 Å².